The van der Waals surface area contributed by atoms with E-state index >= 15 is 0 Å². The van der Waals surface area contributed by atoms with Crippen molar-refractivity contribution in [1.82, 2.24) is 0 Å². The third-order valence-corrected chi connectivity index (χ3v) is 2.12. The maximum absolute atomic E-state index is 10.5. The van der Waals surface area contributed by atoms with Crippen LogP contribution in [0.2, 0.25) is 0 Å². The van der Waals surface area contributed by atoms with Crippen molar-refractivity contribution in [2.24, 2.45) is 4.99 Å². The molecule has 1 aliphatic heterocycles. The lowest BCUT2D eigenvalue weighted by atomic mass is 10.1. The number of para-hydroxylation sites is 1. The molecule has 1 aliphatic rings. The minimum atomic E-state index is -1.19. The van der Waals surface area contributed by atoms with Crippen LogP contribution < -0.4 is 0 Å². The van der Waals surface area contributed by atoms with Gasteiger partial charge in [0, 0.05) is 5.56 Å². The summed E-state index contributed by atoms with van der Waals surface area (Å²) in [6, 6.07) is 6.64. The van der Waals surface area contributed by atoms with E-state index < -0.39 is 12.1 Å². The summed E-state index contributed by atoms with van der Waals surface area (Å²) in [5.74, 6) is -1.40. The molecule has 0 fully saturated rings. The SMILES string of the molecule is O=C(O)C1=NCC(c2ccccc2O)O1. The fraction of sp³-hybridized carbons (Fsp3) is 0.200. The fourth-order valence-corrected chi connectivity index (χ4v) is 1.41. The number of ether oxygens (including phenoxy) is 1. The molecule has 2 rings (SSSR count). The normalized spacial score (nSPS) is 19.5. The Morgan fingerprint density at radius 2 is 2.20 bits per heavy atom. The number of carbonyl (C=O) groups is 1. The van der Waals surface area contributed by atoms with Gasteiger partial charge in [0.05, 0.1) is 6.54 Å². The Balaban J connectivity index is 2.17. The highest BCUT2D eigenvalue weighted by molar-refractivity contribution is 6.32. The second-order valence-corrected chi connectivity index (χ2v) is 3.12. The number of carboxylic acids is 1. The van der Waals surface area contributed by atoms with Gasteiger partial charge in [-0.1, -0.05) is 18.2 Å². The highest BCUT2D eigenvalue weighted by Gasteiger charge is 2.27. The number of rotatable bonds is 2. The van der Waals surface area contributed by atoms with Crippen LogP contribution in [0.15, 0.2) is 29.3 Å². The zero-order chi connectivity index (χ0) is 10.8. The molecule has 0 amide bonds. The van der Waals surface area contributed by atoms with E-state index in [9.17, 15) is 9.90 Å². The molecular weight excluding hydrogens is 198 g/mol. The standard InChI is InChI=1S/C10H9NO4/c12-7-4-2-1-3-6(7)8-5-11-9(15-8)10(13)14/h1-4,8,12H,5H2,(H,13,14). The minimum Gasteiger partial charge on any atom is -0.508 e. The third kappa shape index (κ3) is 1.76. The van der Waals surface area contributed by atoms with E-state index in [2.05, 4.69) is 4.99 Å². The number of carboxylic acid groups (broad SMARTS) is 1. The minimum absolute atomic E-state index is 0.0874. The maximum Gasteiger partial charge on any atom is 0.391 e. The number of aliphatic carboxylic acids is 1. The van der Waals surface area contributed by atoms with Crippen molar-refractivity contribution >= 4 is 11.9 Å². The van der Waals surface area contributed by atoms with Crippen LogP contribution in [0.4, 0.5) is 0 Å². The van der Waals surface area contributed by atoms with Gasteiger partial charge in [0.2, 0.25) is 0 Å². The summed E-state index contributed by atoms with van der Waals surface area (Å²) in [5.41, 5.74) is 0.553. The van der Waals surface area contributed by atoms with Crippen LogP contribution in [-0.4, -0.2) is 28.6 Å². The van der Waals surface area contributed by atoms with Crippen molar-refractivity contribution in [3.63, 3.8) is 0 Å². The number of phenols is 1. The van der Waals surface area contributed by atoms with Crippen molar-refractivity contribution in [3.8, 4) is 5.75 Å². The molecule has 0 radical (unpaired) electrons. The molecule has 1 atom stereocenters. The zero-order valence-electron chi connectivity index (χ0n) is 7.75. The lowest BCUT2D eigenvalue weighted by Gasteiger charge is -2.11. The first-order valence-electron chi connectivity index (χ1n) is 4.41. The van der Waals surface area contributed by atoms with Gasteiger partial charge >= 0.3 is 5.97 Å². The summed E-state index contributed by atoms with van der Waals surface area (Å²) < 4.78 is 5.08. The smallest absolute Gasteiger partial charge is 0.391 e. The van der Waals surface area contributed by atoms with Gasteiger partial charge < -0.3 is 14.9 Å². The molecule has 0 saturated heterocycles. The van der Waals surface area contributed by atoms with Crippen molar-refractivity contribution < 1.29 is 19.7 Å². The van der Waals surface area contributed by atoms with Crippen molar-refractivity contribution in [1.29, 1.82) is 0 Å². The highest BCUT2D eigenvalue weighted by Crippen LogP contribution is 2.29. The van der Waals surface area contributed by atoms with Crippen LogP contribution in [0.5, 0.6) is 5.75 Å². The molecule has 0 aliphatic carbocycles. The molecule has 0 bridgehead atoms. The summed E-state index contributed by atoms with van der Waals surface area (Å²) in [6.07, 6.45) is -0.503. The van der Waals surface area contributed by atoms with Gasteiger partial charge in [-0.05, 0) is 6.07 Å². The van der Waals surface area contributed by atoms with Crippen LogP contribution in [-0.2, 0) is 9.53 Å². The summed E-state index contributed by atoms with van der Waals surface area (Å²) in [4.78, 5) is 14.3. The van der Waals surface area contributed by atoms with E-state index in [-0.39, 0.29) is 18.2 Å². The average molecular weight is 207 g/mol. The molecule has 0 saturated carbocycles. The van der Waals surface area contributed by atoms with Crippen LogP contribution >= 0.6 is 0 Å². The molecule has 1 aromatic carbocycles. The first-order chi connectivity index (χ1) is 7.18. The Hall–Kier alpha value is -2.04. The Morgan fingerprint density at radius 1 is 1.47 bits per heavy atom. The largest absolute Gasteiger partial charge is 0.508 e. The van der Waals surface area contributed by atoms with Crippen molar-refractivity contribution in [2.45, 2.75) is 6.10 Å². The van der Waals surface area contributed by atoms with Crippen LogP contribution in [0.3, 0.4) is 0 Å². The predicted octanol–water partition coefficient (Wildman–Crippen LogP) is 0.947. The van der Waals surface area contributed by atoms with E-state index in [0.717, 1.165) is 0 Å². The van der Waals surface area contributed by atoms with Gasteiger partial charge in [0.15, 0.2) is 0 Å². The molecule has 1 heterocycles. The average Bonchev–Trinajstić information content (AvgIpc) is 2.67. The molecule has 2 N–H and O–H groups in total. The maximum atomic E-state index is 10.5. The molecule has 15 heavy (non-hydrogen) atoms. The van der Waals surface area contributed by atoms with Crippen molar-refractivity contribution in [2.75, 3.05) is 6.54 Å². The number of phenolic OH excluding ortho intramolecular Hbond substituents is 1. The van der Waals surface area contributed by atoms with Gasteiger partial charge in [-0.3, -0.25) is 0 Å². The van der Waals surface area contributed by atoms with Crippen LogP contribution in [0.25, 0.3) is 0 Å². The molecular formula is C10H9NO4. The molecule has 1 aromatic rings. The first kappa shape index (κ1) is 9.51. The van der Waals surface area contributed by atoms with Gasteiger partial charge in [0.25, 0.3) is 5.90 Å². The molecule has 1 unspecified atom stereocenters. The number of benzene rings is 1. The summed E-state index contributed by atoms with van der Waals surface area (Å²) in [5, 5.41) is 18.1. The Bertz CT molecular complexity index is 427. The van der Waals surface area contributed by atoms with E-state index in [1.807, 2.05) is 0 Å². The van der Waals surface area contributed by atoms with E-state index in [1.54, 1.807) is 18.2 Å². The van der Waals surface area contributed by atoms with Gasteiger partial charge in [-0.25, -0.2) is 9.79 Å². The summed E-state index contributed by atoms with van der Waals surface area (Å²) in [6.45, 7) is 0.221. The van der Waals surface area contributed by atoms with Gasteiger partial charge in [0.1, 0.15) is 11.9 Å². The Morgan fingerprint density at radius 3 is 2.80 bits per heavy atom. The van der Waals surface area contributed by atoms with Gasteiger partial charge in [-0.15, -0.1) is 0 Å². The number of aromatic hydroxyl groups is 1. The lowest BCUT2D eigenvalue weighted by molar-refractivity contribution is -0.131. The first-order valence-corrected chi connectivity index (χ1v) is 4.41. The van der Waals surface area contributed by atoms with E-state index in [1.165, 1.54) is 6.07 Å². The molecule has 0 spiro atoms. The predicted molar refractivity (Wildman–Crippen MR) is 51.9 cm³/mol. The highest BCUT2D eigenvalue weighted by atomic mass is 16.5. The van der Waals surface area contributed by atoms with Gasteiger partial charge in [-0.2, -0.15) is 0 Å². The summed E-state index contributed by atoms with van der Waals surface area (Å²) in [7, 11) is 0. The third-order valence-electron chi connectivity index (χ3n) is 2.12. The number of hydrogen-bond acceptors (Lipinski definition) is 4. The Labute approximate surface area is 85.6 Å². The zero-order valence-corrected chi connectivity index (χ0v) is 7.75. The Kier molecular flexibility index (Phi) is 2.29. The van der Waals surface area contributed by atoms with E-state index in [0.29, 0.717) is 5.56 Å². The van der Waals surface area contributed by atoms with Crippen LogP contribution in [0.1, 0.15) is 11.7 Å². The second kappa shape index (κ2) is 3.61. The topological polar surface area (TPSA) is 79.1 Å². The number of nitrogens with zero attached hydrogens (tertiary/aromatic N) is 1. The van der Waals surface area contributed by atoms with E-state index in [4.69, 9.17) is 9.84 Å². The molecule has 78 valence electrons. The summed E-state index contributed by atoms with van der Waals surface area (Å²) >= 11 is 0. The second-order valence-electron chi connectivity index (χ2n) is 3.12. The molecule has 5 nitrogen and oxygen atoms in total. The lowest BCUT2D eigenvalue weighted by Crippen LogP contribution is -2.14. The van der Waals surface area contributed by atoms with Crippen molar-refractivity contribution in [3.05, 3.63) is 29.8 Å². The number of hydrogen-bond donors (Lipinski definition) is 2. The fourth-order valence-electron chi connectivity index (χ4n) is 1.41. The quantitative estimate of drug-likeness (QED) is 0.756. The van der Waals surface area contributed by atoms with Crippen LogP contribution in [0, 0.1) is 0 Å². The molecule has 0 aromatic heterocycles. The monoisotopic (exact) mass is 207 g/mol. The molecule has 5 heteroatoms. The number of aliphatic imine (C=N–C) groups is 1.